The first-order chi connectivity index (χ1) is 13.7. The third kappa shape index (κ3) is 5.20. The number of ether oxygens (including phenoxy) is 2. The number of benzene rings is 3. The van der Waals surface area contributed by atoms with E-state index in [-0.39, 0.29) is 0 Å². The first kappa shape index (κ1) is 19.6. The third-order valence-electron chi connectivity index (χ3n) is 3.72. The standard InChI is InChI=1S/C22H19BrN2O3/c1-2-27-20-14-16(15-24-25-18-11-7-4-8-12-18)13-19(23)21(20)28-22(26)17-9-5-3-6-10-17/h3-15,25H,2H2,1H3. The zero-order valence-corrected chi connectivity index (χ0v) is 16.8. The topological polar surface area (TPSA) is 59.9 Å². The predicted octanol–water partition coefficient (Wildman–Crippen LogP) is 5.51. The molecule has 0 saturated carbocycles. The highest BCUT2D eigenvalue weighted by Gasteiger charge is 2.17. The Balaban J connectivity index is 1.80. The molecule has 1 N–H and O–H groups in total. The Bertz CT molecular complexity index is 960. The van der Waals surface area contributed by atoms with E-state index in [0.29, 0.717) is 28.1 Å². The molecule has 0 fully saturated rings. The Morgan fingerprint density at radius 1 is 1.07 bits per heavy atom. The van der Waals surface area contributed by atoms with Gasteiger partial charge >= 0.3 is 5.97 Å². The highest BCUT2D eigenvalue weighted by Crippen LogP contribution is 2.37. The Kier molecular flexibility index (Phi) is 6.81. The van der Waals surface area contributed by atoms with Crippen molar-refractivity contribution < 1.29 is 14.3 Å². The lowest BCUT2D eigenvalue weighted by Gasteiger charge is -2.13. The van der Waals surface area contributed by atoms with Crippen LogP contribution in [0.1, 0.15) is 22.8 Å². The number of hydrogen-bond donors (Lipinski definition) is 1. The van der Waals surface area contributed by atoms with Crippen LogP contribution >= 0.6 is 15.9 Å². The van der Waals surface area contributed by atoms with Gasteiger partial charge in [0.15, 0.2) is 11.5 Å². The largest absolute Gasteiger partial charge is 0.490 e. The molecule has 0 heterocycles. The van der Waals surface area contributed by atoms with Crippen LogP contribution in [-0.2, 0) is 0 Å². The summed E-state index contributed by atoms with van der Waals surface area (Å²) in [7, 11) is 0. The van der Waals surface area contributed by atoms with Crippen LogP contribution in [0.5, 0.6) is 11.5 Å². The van der Waals surface area contributed by atoms with Gasteiger partial charge in [-0.15, -0.1) is 0 Å². The Labute approximate surface area is 172 Å². The summed E-state index contributed by atoms with van der Waals surface area (Å²) in [6.45, 7) is 2.31. The number of para-hydroxylation sites is 1. The molecule has 0 bridgehead atoms. The van der Waals surface area contributed by atoms with Gasteiger partial charge in [-0.1, -0.05) is 36.4 Å². The van der Waals surface area contributed by atoms with E-state index in [2.05, 4.69) is 26.5 Å². The molecule has 3 aromatic rings. The van der Waals surface area contributed by atoms with Crippen molar-refractivity contribution in [2.24, 2.45) is 5.10 Å². The second-order valence-corrected chi connectivity index (χ2v) is 6.61. The summed E-state index contributed by atoms with van der Waals surface area (Å²) in [5, 5.41) is 4.23. The van der Waals surface area contributed by atoms with Crippen LogP contribution in [0, 0.1) is 0 Å². The molecule has 0 aliphatic heterocycles. The lowest BCUT2D eigenvalue weighted by atomic mass is 10.2. The molecule has 0 saturated heterocycles. The van der Waals surface area contributed by atoms with Crippen molar-refractivity contribution in [2.45, 2.75) is 6.92 Å². The molecule has 0 aliphatic carbocycles. The zero-order valence-electron chi connectivity index (χ0n) is 15.3. The van der Waals surface area contributed by atoms with Crippen molar-refractivity contribution in [3.05, 3.63) is 88.4 Å². The van der Waals surface area contributed by atoms with E-state index in [9.17, 15) is 4.79 Å². The molecule has 142 valence electrons. The van der Waals surface area contributed by atoms with Crippen LogP contribution < -0.4 is 14.9 Å². The van der Waals surface area contributed by atoms with Gasteiger partial charge in [-0.05, 0) is 64.8 Å². The molecule has 0 aromatic heterocycles. The lowest BCUT2D eigenvalue weighted by molar-refractivity contribution is 0.0727. The number of nitrogens with one attached hydrogen (secondary N) is 1. The van der Waals surface area contributed by atoms with Gasteiger partial charge in [-0.3, -0.25) is 5.43 Å². The van der Waals surface area contributed by atoms with Gasteiger partial charge in [0.05, 0.1) is 28.5 Å². The molecule has 28 heavy (non-hydrogen) atoms. The van der Waals surface area contributed by atoms with Gasteiger partial charge < -0.3 is 9.47 Å². The summed E-state index contributed by atoms with van der Waals surface area (Å²) in [6, 6.07) is 22.0. The average Bonchev–Trinajstić information content (AvgIpc) is 2.72. The Morgan fingerprint density at radius 3 is 2.43 bits per heavy atom. The van der Waals surface area contributed by atoms with Crippen LogP contribution in [-0.4, -0.2) is 18.8 Å². The third-order valence-corrected chi connectivity index (χ3v) is 4.31. The minimum absolute atomic E-state index is 0.337. The number of rotatable bonds is 7. The lowest BCUT2D eigenvalue weighted by Crippen LogP contribution is -2.10. The van der Waals surface area contributed by atoms with Gasteiger partial charge in [0.2, 0.25) is 0 Å². The first-order valence-electron chi connectivity index (χ1n) is 8.75. The van der Waals surface area contributed by atoms with Crippen LogP contribution in [0.15, 0.2) is 82.4 Å². The Hall–Kier alpha value is -3.12. The molecular formula is C22H19BrN2O3. The normalized spacial score (nSPS) is 10.6. The molecule has 3 rings (SSSR count). The van der Waals surface area contributed by atoms with Crippen molar-refractivity contribution in [1.29, 1.82) is 0 Å². The maximum atomic E-state index is 12.4. The smallest absolute Gasteiger partial charge is 0.343 e. The Morgan fingerprint density at radius 2 is 1.75 bits per heavy atom. The molecule has 0 atom stereocenters. The van der Waals surface area contributed by atoms with Crippen LogP contribution in [0.25, 0.3) is 0 Å². The molecule has 5 nitrogen and oxygen atoms in total. The maximum Gasteiger partial charge on any atom is 0.343 e. The average molecular weight is 439 g/mol. The summed E-state index contributed by atoms with van der Waals surface area (Å²) in [5.74, 6) is 0.348. The minimum Gasteiger partial charge on any atom is -0.490 e. The number of anilines is 1. The quantitative estimate of drug-likeness (QED) is 0.228. The van der Waals surface area contributed by atoms with Crippen LogP contribution in [0.4, 0.5) is 5.69 Å². The summed E-state index contributed by atoms with van der Waals surface area (Å²) in [4.78, 5) is 12.4. The summed E-state index contributed by atoms with van der Waals surface area (Å²) in [5.41, 5.74) is 5.10. The fourth-order valence-electron chi connectivity index (χ4n) is 2.44. The number of nitrogens with zero attached hydrogens (tertiary/aromatic N) is 1. The number of esters is 1. The molecule has 0 spiro atoms. The van der Waals surface area contributed by atoms with Crippen molar-refractivity contribution >= 4 is 33.8 Å². The van der Waals surface area contributed by atoms with E-state index >= 15 is 0 Å². The minimum atomic E-state index is -0.450. The molecule has 0 radical (unpaired) electrons. The second-order valence-electron chi connectivity index (χ2n) is 5.75. The highest BCUT2D eigenvalue weighted by atomic mass is 79.9. The van der Waals surface area contributed by atoms with E-state index < -0.39 is 5.97 Å². The first-order valence-corrected chi connectivity index (χ1v) is 9.54. The monoisotopic (exact) mass is 438 g/mol. The molecule has 0 amide bonds. The van der Waals surface area contributed by atoms with E-state index in [1.165, 1.54) is 0 Å². The molecule has 0 aliphatic rings. The van der Waals surface area contributed by atoms with Gasteiger partial charge in [0.1, 0.15) is 0 Å². The number of carbonyl (C=O) groups is 1. The van der Waals surface area contributed by atoms with Crippen molar-refractivity contribution in [2.75, 3.05) is 12.0 Å². The van der Waals surface area contributed by atoms with Crippen molar-refractivity contribution in [1.82, 2.24) is 0 Å². The molecule has 6 heteroatoms. The predicted molar refractivity (Wildman–Crippen MR) is 114 cm³/mol. The van der Waals surface area contributed by atoms with E-state index in [0.717, 1.165) is 11.3 Å². The molecular weight excluding hydrogens is 420 g/mol. The van der Waals surface area contributed by atoms with E-state index in [1.807, 2.05) is 49.4 Å². The van der Waals surface area contributed by atoms with E-state index in [4.69, 9.17) is 9.47 Å². The summed E-state index contributed by atoms with van der Waals surface area (Å²) in [6.07, 6.45) is 1.67. The van der Waals surface area contributed by atoms with Gasteiger partial charge in [-0.25, -0.2) is 4.79 Å². The number of halogens is 1. The molecule has 0 unspecified atom stereocenters. The van der Waals surface area contributed by atoms with E-state index in [1.54, 1.807) is 36.5 Å². The second kappa shape index (κ2) is 9.71. The SMILES string of the molecule is CCOc1cc(C=NNc2ccccc2)cc(Br)c1OC(=O)c1ccccc1. The summed E-state index contributed by atoms with van der Waals surface area (Å²) < 4.78 is 11.8. The van der Waals surface area contributed by atoms with Gasteiger partial charge in [-0.2, -0.15) is 5.10 Å². The molecule has 3 aromatic carbocycles. The fraction of sp³-hybridized carbons (Fsp3) is 0.0909. The van der Waals surface area contributed by atoms with Crippen molar-refractivity contribution in [3.63, 3.8) is 0 Å². The highest BCUT2D eigenvalue weighted by molar-refractivity contribution is 9.10. The maximum absolute atomic E-state index is 12.4. The number of hydrazone groups is 1. The number of hydrogen-bond acceptors (Lipinski definition) is 5. The van der Waals surface area contributed by atoms with Crippen LogP contribution in [0.3, 0.4) is 0 Å². The van der Waals surface area contributed by atoms with Gasteiger partial charge in [0.25, 0.3) is 0 Å². The van der Waals surface area contributed by atoms with Crippen molar-refractivity contribution in [3.8, 4) is 11.5 Å². The zero-order chi connectivity index (χ0) is 19.8. The summed E-state index contributed by atoms with van der Waals surface area (Å²) >= 11 is 3.47. The number of carbonyl (C=O) groups excluding carboxylic acids is 1. The van der Waals surface area contributed by atoms with Crippen LogP contribution in [0.2, 0.25) is 0 Å². The fourth-order valence-corrected chi connectivity index (χ4v) is 2.99. The van der Waals surface area contributed by atoms with Gasteiger partial charge in [0, 0.05) is 0 Å².